The lowest BCUT2D eigenvalue weighted by Crippen LogP contribution is -2.11. The Morgan fingerprint density at radius 2 is 1.95 bits per heavy atom. The number of benzene rings is 2. The van der Waals surface area contributed by atoms with Gasteiger partial charge >= 0.3 is 0 Å². The number of halogens is 3. The molecule has 5 heteroatoms. The second kappa shape index (κ2) is 7.04. The highest BCUT2D eigenvalue weighted by Crippen LogP contribution is 2.25. The highest BCUT2D eigenvalue weighted by atomic mass is 79.9. The first-order valence-electron chi connectivity index (χ1n) is 5.72. The molecule has 0 saturated heterocycles. The van der Waals surface area contributed by atoms with Gasteiger partial charge < -0.3 is 10.1 Å². The number of anilines is 1. The molecule has 2 aromatic carbocycles. The van der Waals surface area contributed by atoms with Crippen molar-refractivity contribution < 1.29 is 4.74 Å². The Bertz CT molecular complexity index is 563. The molecule has 0 radical (unpaired) electrons. The van der Waals surface area contributed by atoms with Gasteiger partial charge in [0.1, 0.15) is 12.4 Å². The molecule has 0 aliphatic carbocycles. The Hall–Kier alpha value is -0.900. The quantitative estimate of drug-likeness (QED) is 0.735. The molecule has 1 N–H and O–H groups in total. The van der Waals surface area contributed by atoms with Gasteiger partial charge in [0.15, 0.2) is 0 Å². The van der Waals surface area contributed by atoms with Crippen LogP contribution in [-0.4, -0.2) is 13.2 Å². The SMILES string of the molecule is Clc1ccc(NCCOc2cccc(Br)c2)c(Cl)c1. The van der Waals surface area contributed by atoms with Crippen molar-refractivity contribution in [2.45, 2.75) is 0 Å². The maximum absolute atomic E-state index is 6.05. The molecular weight excluding hydrogens is 349 g/mol. The molecule has 0 spiro atoms. The third-order valence-electron chi connectivity index (χ3n) is 2.41. The van der Waals surface area contributed by atoms with Crippen molar-refractivity contribution in [3.63, 3.8) is 0 Å². The van der Waals surface area contributed by atoms with Gasteiger partial charge in [0.25, 0.3) is 0 Å². The zero-order valence-electron chi connectivity index (χ0n) is 10.00. The van der Waals surface area contributed by atoms with Crippen LogP contribution in [0.2, 0.25) is 10.0 Å². The number of hydrogen-bond donors (Lipinski definition) is 1. The third kappa shape index (κ3) is 4.60. The molecular formula is C14H12BrCl2NO. The highest BCUT2D eigenvalue weighted by molar-refractivity contribution is 9.10. The zero-order chi connectivity index (χ0) is 13.7. The van der Waals surface area contributed by atoms with Crippen LogP contribution in [0.3, 0.4) is 0 Å². The van der Waals surface area contributed by atoms with E-state index in [0.29, 0.717) is 23.2 Å². The minimum atomic E-state index is 0.551. The van der Waals surface area contributed by atoms with E-state index in [1.54, 1.807) is 12.1 Å². The lowest BCUT2D eigenvalue weighted by Gasteiger charge is -2.10. The summed E-state index contributed by atoms with van der Waals surface area (Å²) in [5.74, 6) is 0.832. The van der Waals surface area contributed by atoms with Gasteiger partial charge in [-0.3, -0.25) is 0 Å². The maximum Gasteiger partial charge on any atom is 0.120 e. The Kier molecular flexibility index (Phi) is 5.37. The molecule has 2 nitrogen and oxygen atoms in total. The van der Waals surface area contributed by atoms with Crippen molar-refractivity contribution >= 4 is 44.8 Å². The van der Waals surface area contributed by atoms with Gasteiger partial charge in [-0.25, -0.2) is 0 Å². The molecule has 0 bridgehead atoms. The van der Waals surface area contributed by atoms with E-state index in [2.05, 4.69) is 21.2 Å². The van der Waals surface area contributed by atoms with E-state index < -0.39 is 0 Å². The molecule has 0 atom stereocenters. The second-order valence-corrected chi connectivity index (χ2v) is 5.62. The molecule has 0 unspecified atom stereocenters. The first-order chi connectivity index (χ1) is 9.15. The lowest BCUT2D eigenvalue weighted by atomic mass is 10.3. The number of nitrogens with one attached hydrogen (secondary N) is 1. The van der Waals surface area contributed by atoms with Crippen LogP contribution < -0.4 is 10.1 Å². The fraction of sp³-hybridized carbons (Fsp3) is 0.143. The molecule has 0 aliphatic rings. The summed E-state index contributed by atoms with van der Waals surface area (Å²) in [6.07, 6.45) is 0. The summed E-state index contributed by atoms with van der Waals surface area (Å²) >= 11 is 15.3. The van der Waals surface area contributed by atoms with Crippen molar-refractivity contribution in [2.24, 2.45) is 0 Å². The van der Waals surface area contributed by atoms with Crippen LogP contribution in [0.4, 0.5) is 5.69 Å². The van der Waals surface area contributed by atoms with Crippen LogP contribution in [0.25, 0.3) is 0 Å². The fourth-order valence-electron chi connectivity index (χ4n) is 1.54. The number of rotatable bonds is 5. The first kappa shape index (κ1) is 14.5. The summed E-state index contributed by atoms with van der Waals surface area (Å²) in [4.78, 5) is 0. The average Bonchev–Trinajstić information content (AvgIpc) is 2.37. The molecule has 0 fully saturated rings. The fourth-order valence-corrected chi connectivity index (χ4v) is 2.40. The molecule has 0 aliphatic heterocycles. The van der Waals surface area contributed by atoms with Crippen molar-refractivity contribution in [1.82, 2.24) is 0 Å². The molecule has 19 heavy (non-hydrogen) atoms. The average molecular weight is 361 g/mol. The molecule has 0 saturated carbocycles. The van der Waals surface area contributed by atoms with Crippen molar-refractivity contribution in [1.29, 1.82) is 0 Å². The maximum atomic E-state index is 6.05. The van der Waals surface area contributed by atoms with Crippen molar-refractivity contribution in [3.8, 4) is 5.75 Å². The third-order valence-corrected chi connectivity index (χ3v) is 3.45. The van der Waals surface area contributed by atoms with Gasteiger partial charge in [-0.1, -0.05) is 45.2 Å². The van der Waals surface area contributed by atoms with Gasteiger partial charge in [0.2, 0.25) is 0 Å². The van der Waals surface area contributed by atoms with Crippen LogP contribution in [0.1, 0.15) is 0 Å². The summed E-state index contributed by atoms with van der Waals surface area (Å²) in [6.45, 7) is 1.21. The minimum absolute atomic E-state index is 0.551. The normalized spacial score (nSPS) is 10.3. The van der Waals surface area contributed by atoms with Gasteiger partial charge in [-0.2, -0.15) is 0 Å². The second-order valence-electron chi connectivity index (χ2n) is 3.86. The van der Waals surface area contributed by atoms with E-state index in [4.69, 9.17) is 27.9 Å². The lowest BCUT2D eigenvalue weighted by molar-refractivity contribution is 0.332. The van der Waals surface area contributed by atoms with Crippen LogP contribution in [-0.2, 0) is 0 Å². The van der Waals surface area contributed by atoms with E-state index in [9.17, 15) is 0 Å². The van der Waals surface area contributed by atoms with E-state index in [1.807, 2.05) is 30.3 Å². The van der Waals surface area contributed by atoms with Gasteiger partial charge in [0.05, 0.1) is 10.7 Å². The standard InChI is InChI=1S/C14H12BrCl2NO/c15-10-2-1-3-12(8-10)19-7-6-18-14-5-4-11(16)9-13(14)17/h1-5,8-9,18H,6-7H2. The highest BCUT2D eigenvalue weighted by Gasteiger charge is 2.00. The molecule has 0 aromatic heterocycles. The molecule has 0 amide bonds. The largest absolute Gasteiger partial charge is 0.492 e. The van der Waals surface area contributed by atoms with Gasteiger partial charge in [-0.15, -0.1) is 0 Å². The minimum Gasteiger partial charge on any atom is -0.492 e. The van der Waals surface area contributed by atoms with Gasteiger partial charge in [0, 0.05) is 16.0 Å². The first-order valence-corrected chi connectivity index (χ1v) is 7.27. The predicted octanol–water partition coefficient (Wildman–Crippen LogP) is 5.25. The topological polar surface area (TPSA) is 21.3 Å². The summed E-state index contributed by atoms with van der Waals surface area (Å²) in [7, 11) is 0. The van der Waals surface area contributed by atoms with E-state index in [0.717, 1.165) is 15.9 Å². The summed E-state index contributed by atoms with van der Waals surface area (Å²) in [6, 6.07) is 13.1. The summed E-state index contributed by atoms with van der Waals surface area (Å²) in [5.41, 5.74) is 0.851. The van der Waals surface area contributed by atoms with Crippen LogP contribution in [0, 0.1) is 0 Å². The van der Waals surface area contributed by atoms with Crippen LogP contribution in [0.5, 0.6) is 5.75 Å². The van der Waals surface area contributed by atoms with E-state index in [-0.39, 0.29) is 0 Å². The Morgan fingerprint density at radius 1 is 1.11 bits per heavy atom. The zero-order valence-corrected chi connectivity index (χ0v) is 13.1. The Morgan fingerprint density at radius 3 is 2.68 bits per heavy atom. The Balaban J connectivity index is 1.81. The van der Waals surface area contributed by atoms with Gasteiger partial charge in [-0.05, 0) is 36.4 Å². The van der Waals surface area contributed by atoms with Crippen LogP contribution in [0.15, 0.2) is 46.9 Å². The summed E-state index contributed by atoms with van der Waals surface area (Å²) in [5, 5.41) is 4.43. The Labute approximate surface area is 130 Å². The number of ether oxygens (including phenoxy) is 1. The molecule has 2 aromatic rings. The monoisotopic (exact) mass is 359 g/mol. The van der Waals surface area contributed by atoms with E-state index >= 15 is 0 Å². The predicted molar refractivity (Wildman–Crippen MR) is 84.6 cm³/mol. The molecule has 0 heterocycles. The van der Waals surface area contributed by atoms with Crippen LogP contribution >= 0.6 is 39.1 Å². The smallest absolute Gasteiger partial charge is 0.120 e. The molecule has 100 valence electrons. The van der Waals surface area contributed by atoms with Crippen molar-refractivity contribution in [3.05, 3.63) is 57.0 Å². The van der Waals surface area contributed by atoms with Crippen molar-refractivity contribution in [2.75, 3.05) is 18.5 Å². The molecule has 2 rings (SSSR count). The summed E-state index contributed by atoms with van der Waals surface area (Å²) < 4.78 is 6.61. The van der Waals surface area contributed by atoms with E-state index in [1.165, 1.54) is 0 Å². The number of hydrogen-bond acceptors (Lipinski definition) is 2.